The molecule has 0 aliphatic carbocycles. The third-order valence-electron chi connectivity index (χ3n) is 16.7. The number of carbonyl (C=O) groups is 6. The molecule has 40 heteroatoms. The molecule has 3 aromatic carbocycles. The molecule has 6 aromatic heterocycles. The highest BCUT2D eigenvalue weighted by Gasteiger charge is 2.54. The van der Waals surface area contributed by atoms with Gasteiger partial charge in [0.15, 0.2) is 34.5 Å². The van der Waals surface area contributed by atoms with Gasteiger partial charge >= 0.3 is 36.4 Å². The van der Waals surface area contributed by atoms with Gasteiger partial charge in [0.25, 0.3) is 17.7 Å². The number of aromatic nitrogens is 9. The minimum Gasteiger partial charge on any atom is -0.464 e. The summed E-state index contributed by atoms with van der Waals surface area (Å²) in [6, 6.07) is 14.3. The van der Waals surface area contributed by atoms with Crippen molar-refractivity contribution in [2.24, 2.45) is 32.2 Å². The quantitative estimate of drug-likeness (QED) is 0.0402. The normalized spacial score (nSPS) is 17.9. The summed E-state index contributed by atoms with van der Waals surface area (Å²) in [7, 11) is 7.06. The van der Waals surface area contributed by atoms with Crippen LogP contribution in [0.1, 0.15) is 64.8 Å². The largest absolute Gasteiger partial charge is 0.464 e. The Bertz CT molecular complexity index is 4510. The van der Waals surface area contributed by atoms with Crippen molar-refractivity contribution in [2.75, 3.05) is 42.5 Å². The maximum absolute atomic E-state index is 14.7. The first-order chi connectivity index (χ1) is 49.4. The number of ether oxygens (including phenoxy) is 3. The number of benzene rings is 3. The molecule has 3 aliphatic rings. The number of amides is 3. The number of esters is 3. The van der Waals surface area contributed by atoms with Gasteiger partial charge < -0.3 is 45.1 Å². The number of methoxy groups -OCH3 is 3. The van der Waals surface area contributed by atoms with Crippen LogP contribution < -0.4 is 17.2 Å². The second kappa shape index (κ2) is 29.5. The zero-order valence-electron chi connectivity index (χ0n) is 55.7. The molecule has 6 N–H and O–H groups in total. The van der Waals surface area contributed by atoms with E-state index in [1.54, 1.807) is 0 Å². The molecule has 3 amide bonds. The van der Waals surface area contributed by atoms with Gasteiger partial charge in [0.1, 0.15) is 73.1 Å². The predicted octanol–water partition coefficient (Wildman–Crippen LogP) is 7.01. The molecule has 0 spiro atoms. The zero-order valence-corrected chi connectivity index (χ0v) is 55.7. The van der Waals surface area contributed by atoms with E-state index in [2.05, 4.69) is 59.1 Å². The van der Waals surface area contributed by atoms with Gasteiger partial charge in [-0.1, -0.05) is 18.2 Å². The number of likely N-dealkylation sites (N-methyl/N-ethyl adjacent to an activating group) is 3. The van der Waals surface area contributed by atoms with Gasteiger partial charge in [-0.3, -0.25) is 29.1 Å². The number of hydrogen-bond donors (Lipinski definition) is 3. The number of halogens is 12. The maximum Gasteiger partial charge on any atom is 0.406 e. The van der Waals surface area contributed by atoms with Crippen molar-refractivity contribution < 1.29 is 95.7 Å². The Morgan fingerprint density at radius 2 is 0.623 bits per heavy atom. The third-order valence-corrected chi connectivity index (χ3v) is 16.7. The van der Waals surface area contributed by atoms with Crippen LogP contribution in [0.2, 0.25) is 0 Å². The maximum atomic E-state index is 14.7. The molecule has 0 saturated heterocycles. The van der Waals surface area contributed by atoms with Crippen LogP contribution >= 0.6 is 0 Å². The van der Waals surface area contributed by atoms with Gasteiger partial charge in [-0.05, 0) is 71.3 Å². The van der Waals surface area contributed by atoms with Crippen molar-refractivity contribution in [1.29, 1.82) is 0 Å². The molecule has 9 heterocycles. The first-order valence-electron chi connectivity index (χ1n) is 30.1. The molecule has 0 saturated carbocycles. The second-order valence-corrected chi connectivity index (χ2v) is 23.1. The fraction of sp³-hybridized carbons (Fsp3) is 0.227. The molecule has 27 nitrogen and oxygen atoms in total. The molecule has 549 valence electrons. The van der Waals surface area contributed by atoms with E-state index in [4.69, 9.17) is 17.2 Å². The van der Waals surface area contributed by atoms with E-state index in [1.807, 2.05) is 0 Å². The smallest absolute Gasteiger partial charge is 0.406 e. The van der Waals surface area contributed by atoms with Crippen LogP contribution in [-0.2, 0) is 64.8 Å². The lowest BCUT2D eigenvalue weighted by atomic mass is 9.83. The summed E-state index contributed by atoms with van der Waals surface area (Å²) in [6.07, 6.45) is 0.842. The molecule has 3 radical (unpaired) electrons. The van der Waals surface area contributed by atoms with Crippen molar-refractivity contribution in [1.82, 2.24) is 58.3 Å². The summed E-state index contributed by atoms with van der Waals surface area (Å²) in [6.45, 7) is -4.56. The molecular weight excluding hydrogens is 1430 g/mol. The van der Waals surface area contributed by atoms with Crippen molar-refractivity contribution in [2.45, 2.75) is 54.8 Å². The number of hydrogen-bond acceptors (Lipinski definition) is 21. The SMILES string of the molecule is COC(=O)c1cc(C2(c3ccc(F)c(-c4cncnc4)c3)N=C(N)N(C)C2=O)cn1CC(F)(F)F.COC(=O)c1cc([C@@]2(c3ccc(F)c(-c4cncnc4)c3)N=C(N)N(C)C2=O)cn1CC(F)(F)F.COC(=O)c1cc([C@]2(c3ccc(F)c(-c4cncnc4)c3)N=C(N)N(C)C2=O)cn1CC(F)(F)F.[B]. The summed E-state index contributed by atoms with van der Waals surface area (Å²) >= 11 is 0. The number of carbonyl (C=O) groups excluding carboxylic acids is 6. The van der Waals surface area contributed by atoms with E-state index in [0.717, 1.165) is 91.0 Å². The van der Waals surface area contributed by atoms with E-state index >= 15 is 0 Å². The Hall–Kier alpha value is -12.8. The molecule has 3 aliphatic heterocycles. The second-order valence-electron chi connectivity index (χ2n) is 23.1. The Labute approximate surface area is 592 Å². The summed E-state index contributed by atoms with van der Waals surface area (Å²) < 4.78 is 179. The molecule has 1 unspecified atom stereocenters. The zero-order chi connectivity index (χ0) is 76.6. The molecule has 0 bridgehead atoms. The van der Waals surface area contributed by atoms with Crippen molar-refractivity contribution in [3.8, 4) is 33.4 Å². The third kappa shape index (κ3) is 14.8. The van der Waals surface area contributed by atoms with Gasteiger partial charge in [-0.25, -0.2) is 72.4 Å². The van der Waals surface area contributed by atoms with E-state index in [1.165, 1.54) is 114 Å². The van der Waals surface area contributed by atoms with Crippen LogP contribution in [0.3, 0.4) is 0 Å². The average Bonchev–Trinajstić information content (AvgIpc) is 1.57. The van der Waals surface area contributed by atoms with Crippen LogP contribution in [0.4, 0.5) is 52.7 Å². The first-order valence-corrected chi connectivity index (χ1v) is 30.1. The molecule has 9 aromatic rings. The summed E-state index contributed by atoms with van der Waals surface area (Å²) in [5.74, 6) is -7.88. The van der Waals surface area contributed by atoms with Crippen LogP contribution in [0.25, 0.3) is 33.4 Å². The van der Waals surface area contributed by atoms with Crippen molar-refractivity contribution >= 4 is 61.9 Å². The minimum absolute atomic E-state index is 0. The fourth-order valence-corrected chi connectivity index (χ4v) is 11.7. The molecule has 0 fully saturated rings. The number of guanidine groups is 3. The Balaban J connectivity index is 0.000000183. The van der Waals surface area contributed by atoms with E-state index < -0.39 is 125 Å². The van der Waals surface area contributed by atoms with Gasteiger partial charge in [-0.2, -0.15) is 39.5 Å². The van der Waals surface area contributed by atoms with Crippen LogP contribution in [0, 0.1) is 17.5 Å². The monoisotopic (exact) mass is 1480 g/mol. The molecule has 106 heavy (non-hydrogen) atoms. The summed E-state index contributed by atoms with van der Waals surface area (Å²) in [5, 5.41) is 0. The minimum atomic E-state index is -4.68. The number of nitrogens with two attached hydrogens (primary N) is 3. The summed E-state index contributed by atoms with van der Waals surface area (Å²) in [4.78, 5) is 116. The lowest BCUT2D eigenvalue weighted by molar-refractivity contribution is -0.141. The standard InChI is InChI=1S/3C22H18F4N6O3.B/c3*1-31-19(34)22(30-20(31)27,13-3-4-16(23)15(5-13)12-7-28-11-29-8-12)14-6-17(18(33)35-2)32(9-14)10-21(24,25)26;/h3*3-9,11H,10H2,1-2H3,(H2,27,30);/t2*22-;;/m10../s1. The van der Waals surface area contributed by atoms with Crippen LogP contribution in [0.15, 0.2) is 163 Å². The number of alkyl halides is 9. The van der Waals surface area contributed by atoms with E-state index in [9.17, 15) is 81.5 Å². The highest BCUT2D eigenvalue weighted by atomic mass is 19.4. The average molecular weight is 1480 g/mol. The Morgan fingerprint density at radius 3 is 0.811 bits per heavy atom. The topological polar surface area (TPSA) is 347 Å². The molecule has 3 atom stereocenters. The highest BCUT2D eigenvalue weighted by molar-refractivity contribution is 6.11. The number of nitrogens with zero attached hydrogens (tertiary/aromatic N) is 15. The van der Waals surface area contributed by atoms with Crippen molar-refractivity contribution in [3.63, 3.8) is 0 Å². The Morgan fingerprint density at radius 1 is 0.396 bits per heavy atom. The van der Waals surface area contributed by atoms with Gasteiger partial charge in [0.05, 0.1) is 21.3 Å². The molecular formula is C66H54BF12N18O9. The number of aliphatic imine (C=N–C) groups is 3. The first kappa shape index (κ1) is 77.4. The van der Waals surface area contributed by atoms with Crippen LogP contribution in [-0.4, -0.2) is 181 Å². The lowest BCUT2D eigenvalue weighted by Crippen LogP contribution is -2.41. The molecule has 12 rings (SSSR count). The predicted molar refractivity (Wildman–Crippen MR) is 349 cm³/mol. The highest BCUT2D eigenvalue weighted by Crippen LogP contribution is 2.46. The van der Waals surface area contributed by atoms with Gasteiger partial charge in [0.2, 0.25) is 0 Å². The summed E-state index contributed by atoms with van der Waals surface area (Å²) in [5.41, 5.74) is 11.5. The Kier molecular flexibility index (Phi) is 21.5. The van der Waals surface area contributed by atoms with Crippen molar-refractivity contribution in [3.05, 3.63) is 215 Å². The van der Waals surface area contributed by atoms with Crippen LogP contribution in [0.5, 0.6) is 0 Å². The van der Waals surface area contributed by atoms with E-state index in [0.29, 0.717) is 30.4 Å². The number of rotatable bonds is 15. The lowest BCUT2D eigenvalue weighted by Gasteiger charge is -2.25. The van der Waals surface area contributed by atoms with E-state index in [-0.39, 0.29) is 76.4 Å². The van der Waals surface area contributed by atoms with Gasteiger partial charge in [-0.15, -0.1) is 0 Å². The van der Waals surface area contributed by atoms with Gasteiger partial charge in [0, 0.05) is 135 Å². The fourth-order valence-electron chi connectivity index (χ4n) is 11.7.